The molecule has 35 heavy (non-hydrogen) atoms. The fourth-order valence-electron chi connectivity index (χ4n) is 5.69. The summed E-state index contributed by atoms with van der Waals surface area (Å²) < 4.78 is 28.5. The van der Waals surface area contributed by atoms with Crippen LogP contribution in [-0.2, 0) is 22.0 Å². The molecule has 0 amide bonds. The van der Waals surface area contributed by atoms with Crippen molar-refractivity contribution in [3.05, 3.63) is 64.7 Å². The molecule has 4 rings (SSSR count). The Labute approximate surface area is 212 Å². The van der Waals surface area contributed by atoms with Gasteiger partial charge in [0, 0.05) is 26.2 Å². The summed E-state index contributed by atoms with van der Waals surface area (Å²) in [4.78, 5) is 2.89. The first-order valence-corrected chi connectivity index (χ1v) is 14.5. The third-order valence-corrected chi connectivity index (χ3v) is 9.49. The number of rotatable bonds is 6. The molecule has 0 saturated carbocycles. The molecular weight excluding hydrogens is 456 g/mol. The van der Waals surface area contributed by atoms with E-state index in [0.717, 1.165) is 37.2 Å². The molecule has 0 bridgehead atoms. The lowest BCUT2D eigenvalue weighted by Gasteiger charge is -2.36. The van der Waals surface area contributed by atoms with Gasteiger partial charge in [-0.2, -0.15) is 4.31 Å². The van der Waals surface area contributed by atoms with Gasteiger partial charge in [-0.15, -0.1) is 0 Å². The van der Waals surface area contributed by atoms with Crippen molar-refractivity contribution in [1.29, 1.82) is 0 Å². The number of piperidine rings is 1. The number of sulfonamides is 1. The second-order valence-electron chi connectivity index (χ2n) is 11.7. The summed E-state index contributed by atoms with van der Waals surface area (Å²) in [6.07, 6.45) is 2.26. The molecule has 0 spiro atoms. The smallest absolute Gasteiger partial charge is 0.243 e. The number of likely N-dealkylation sites (tertiary alicyclic amines) is 1. The molecule has 2 heterocycles. The predicted molar refractivity (Wildman–Crippen MR) is 142 cm³/mol. The number of nitrogens with zero attached hydrogens (tertiary/aromatic N) is 2. The molecule has 1 N–H and O–H groups in total. The summed E-state index contributed by atoms with van der Waals surface area (Å²) in [7, 11) is -3.63. The van der Waals surface area contributed by atoms with Crippen LogP contribution in [0.15, 0.2) is 47.4 Å². The van der Waals surface area contributed by atoms with E-state index in [1.54, 1.807) is 0 Å². The van der Waals surface area contributed by atoms with E-state index >= 15 is 0 Å². The zero-order chi connectivity index (χ0) is 25.4. The highest BCUT2D eigenvalue weighted by Crippen LogP contribution is 2.36. The van der Waals surface area contributed by atoms with Gasteiger partial charge in [0.05, 0.1) is 11.0 Å². The maximum absolute atomic E-state index is 13.5. The molecule has 6 heteroatoms. The maximum Gasteiger partial charge on any atom is 0.243 e. The van der Waals surface area contributed by atoms with Crippen LogP contribution in [0.5, 0.6) is 0 Å². The van der Waals surface area contributed by atoms with E-state index in [1.807, 2.05) is 26.0 Å². The van der Waals surface area contributed by atoms with Gasteiger partial charge in [-0.1, -0.05) is 71.0 Å². The van der Waals surface area contributed by atoms with Gasteiger partial charge in [0.2, 0.25) is 10.0 Å². The average molecular weight is 499 g/mol. The molecule has 2 aromatic carbocycles. The Balaban J connectivity index is 1.58. The molecule has 5 nitrogen and oxygen atoms in total. The Bertz CT molecular complexity index is 1140. The Kier molecular flexibility index (Phi) is 7.77. The van der Waals surface area contributed by atoms with Crippen molar-refractivity contribution in [3.8, 4) is 0 Å². The van der Waals surface area contributed by atoms with Crippen LogP contribution in [0.3, 0.4) is 0 Å². The first kappa shape index (κ1) is 26.3. The van der Waals surface area contributed by atoms with Gasteiger partial charge in [0.15, 0.2) is 0 Å². The lowest BCUT2D eigenvalue weighted by atomic mass is 9.78. The van der Waals surface area contributed by atoms with Crippen LogP contribution in [0, 0.1) is 0 Å². The van der Waals surface area contributed by atoms with E-state index in [0.29, 0.717) is 23.8 Å². The number of β-amino-alcohol motifs (C(OH)–C–C–N with tert-alkyl or cyclic N) is 1. The van der Waals surface area contributed by atoms with Crippen LogP contribution in [0.2, 0.25) is 0 Å². The average Bonchev–Trinajstić information content (AvgIpc) is 3.26. The normalized spacial score (nSPS) is 22.7. The number of aliphatic hydroxyl groups excluding tert-OH is 1. The largest absolute Gasteiger partial charge is 0.392 e. The van der Waals surface area contributed by atoms with Crippen molar-refractivity contribution in [1.82, 2.24) is 9.21 Å². The molecule has 2 atom stereocenters. The van der Waals surface area contributed by atoms with Crippen LogP contribution in [-0.4, -0.2) is 55.0 Å². The fraction of sp³-hybridized carbons (Fsp3) is 0.586. The summed E-state index contributed by atoms with van der Waals surface area (Å²) in [5.41, 5.74) is 4.88. The lowest BCUT2D eigenvalue weighted by Crippen LogP contribution is -2.35. The second-order valence-corrected chi connectivity index (χ2v) is 13.7. The highest BCUT2D eigenvalue weighted by atomic mass is 32.2. The molecule has 2 fully saturated rings. The van der Waals surface area contributed by atoms with E-state index in [1.165, 1.54) is 21.9 Å². The van der Waals surface area contributed by atoms with Crippen LogP contribution >= 0.6 is 0 Å². The van der Waals surface area contributed by atoms with Crippen LogP contribution in [0.1, 0.15) is 88.0 Å². The van der Waals surface area contributed by atoms with Crippen LogP contribution in [0.4, 0.5) is 0 Å². The van der Waals surface area contributed by atoms with E-state index < -0.39 is 16.1 Å². The fourth-order valence-corrected chi connectivity index (χ4v) is 7.59. The summed E-state index contributed by atoms with van der Waals surface area (Å²) in [6, 6.07) is 14.8. The third-order valence-electron chi connectivity index (χ3n) is 7.56. The SMILES string of the molecule is CC(C)c1ccc(CN2CCCC(c3ccccc3C(C)(C)C)C2)cc1S(=O)(=O)N1CCC(O)C1. The van der Waals surface area contributed by atoms with Gasteiger partial charge in [0.25, 0.3) is 0 Å². The minimum Gasteiger partial charge on any atom is -0.392 e. The molecule has 0 radical (unpaired) electrons. The minimum atomic E-state index is -3.63. The van der Waals surface area contributed by atoms with Crippen molar-refractivity contribution >= 4 is 10.0 Å². The number of hydrogen-bond acceptors (Lipinski definition) is 4. The van der Waals surface area contributed by atoms with Crippen molar-refractivity contribution in [3.63, 3.8) is 0 Å². The topological polar surface area (TPSA) is 60.9 Å². The Hall–Kier alpha value is -1.73. The van der Waals surface area contributed by atoms with Crippen molar-refractivity contribution in [2.75, 3.05) is 26.2 Å². The highest BCUT2D eigenvalue weighted by molar-refractivity contribution is 7.89. The van der Waals surface area contributed by atoms with Gasteiger partial charge in [-0.05, 0) is 71.4 Å². The molecule has 2 unspecified atom stereocenters. The number of aliphatic hydroxyl groups is 1. The van der Waals surface area contributed by atoms with Crippen molar-refractivity contribution in [2.24, 2.45) is 0 Å². The molecule has 2 aromatic rings. The molecule has 0 aliphatic carbocycles. The van der Waals surface area contributed by atoms with Gasteiger partial charge in [0.1, 0.15) is 0 Å². The zero-order valence-corrected chi connectivity index (χ0v) is 22.8. The molecule has 0 aromatic heterocycles. The van der Waals surface area contributed by atoms with Gasteiger partial charge in [-0.25, -0.2) is 8.42 Å². The predicted octanol–water partition coefficient (Wildman–Crippen LogP) is 5.24. The second kappa shape index (κ2) is 10.3. The molecule has 192 valence electrons. The van der Waals surface area contributed by atoms with Gasteiger partial charge >= 0.3 is 0 Å². The Morgan fingerprint density at radius 1 is 1.03 bits per heavy atom. The van der Waals surface area contributed by atoms with E-state index in [-0.39, 0.29) is 17.9 Å². The molecular formula is C29H42N2O3S. The number of benzene rings is 2. The minimum absolute atomic E-state index is 0.106. The van der Waals surface area contributed by atoms with Crippen LogP contribution in [0.25, 0.3) is 0 Å². The Morgan fingerprint density at radius 3 is 2.43 bits per heavy atom. The van der Waals surface area contributed by atoms with Gasteiger partial charge < -0.3 is 5.11 Å². The van der Waals surface area contributed by atoms with Crippen molar-refractivity contribution in [2.45, 2.75) is 88.7 Å². The van der Waals surface area contributed by atoms with E-state index in [4.69, 9.17) is 0 Å². The summed E-state index contributed by atoms with van der Waals surface area (Å²) in [6.45, 7) is 14.2. The first-order chi connectivity index (χ1) is 16.5. The third kappa shape index (κ3) is 5.82. The molecule has 2 aliphatic heterocycles. The number of hydrogen-bond donors (Lipinski definition) is 1. The maximum atomic E-state index is 13.5. The van der Waals surface area contributed by atoms with Gasteiger partial charge in [-0.3, -0.25) is 4.90 Å². The zero-order valence-electron chi connectivity index (χ0n) is 22.0. The summed E-state index contributed by atoms with van der Waals surface area (Å²) in [5, 5.41) is 9.93. The standard InChI is InChI=1S/C29H42N2O3S/c1-21(2)25-13-12-22(17-28(25)35(33,34)31-16-14-24(32)20-31)18-30-15-8-9-23(19-30)26-10-6-7-11-27(26)29(3,4)5/h6-7,10-13,17,21,23-24,32H,8-9,14-16,18-20H2,1-5H3. The van der Waals surface area contributed by atoms with Crippen molar-refractivity contribution < 1.29 is 13.5 Å². The summed E-state index contributed by atoms with van der Waals surface area (Å²) >= 11 is 0. The van der Waals surface area contributed by atoms with Crippen LogP contribution < -0.4 is 0 Å². The highest BCUT2D eigenvalue weighted by Gasteiger charge is 2.34. The Morgan fingerprint density at radius 2 is 1.77 bits per heavy atom. The van der Waals surface area contributed by atoms with E-state index in [2.05, 4.69) is 56.0 Å². The van der Waals surface area contributed by atoms with E-state index in [9.17, 15) is 13.5 Å². The monoisotopic (exact) mass is 498 g/mol. The first-order valence-electron chi connectivity index (χ1n) is 13.1. The summed E-state index contributed by atoms with van der Waals surface area (Å²) in [5.74, 6) is 0.595. The molecule has 2 aliphatic rings. The lowest BCUT2D eigenvalue weighted by molar-refractivity contribution is 0.189. The quantitative estimate of drug-likeness (QED) is 0.592. The molecule has 2 saturated heterocycles.